The third kappa shape index (κ3) is 1.94. The summed E-state index contributed by atoms with van der Waals surface area (Å²) >= 11 is 0. The smallest absolute Gasteiger partial charge is 0.245 e. The summed E-state index contributed by atoms with van der Waals surface area (Å²) in [6, 6.07) is 1.14. The van der Waals surface area contributed by atoms with Gasteiger partial charge in [-0.1, -0.05) is 6.08 Å². The van der Waals surface area contributed by atoms with Gasteiger partial charge in [0.2, 0.25) is 5.91 Å². The Kier molecular flexibility index (Phi) is 2.95. The van der Waals surface area contributed by atoms with Gasteiger partial charge in [0.15, 0.2) is 0 Å². The van der Waals surface area contributed by atoms with E-state index in [9.17, 15) is 15.2 Å². The van der Waals surface area contributed by atoms with E-state index < -0.39 is 17.7 Å². The first-order chi connectivity index (χ1) is 10.4. The zero-order valence-electron chi connectivity index (χ0n) is 12.7. The molecule has 0 aromatic carbocycles. The molecule has 5 aliphatic rings. The normalized spacial score (nSPS) is 46.8. The third-order valence-electron chi connectivity index (χ3n) is 6.37. The molecule has 0 radical (unpaired) electrons. The fourth-order valence-corrected chi connectivity index (χ4v) is 5.93. The van der Waals surface area contributed by atoms with E-state index in [-0.39, 0.29) is 11.3 Å². The minimum absolute atomic E-state index is 0.147. The average Bonchev–Trinajstić information content (AvgIpc) is 2.91. The van der Waals surface area contributed by atoms with Crippen molar-refractivity contribution in [1.82, 2.24) is 4.90 Å². The van der Waals surface area contributed by atoms with Crippen molar-refractivity contribution in [3.8, 4) is 6.07 Å². The van der Waals surface area contributed by atoms with E-state index in [1.165, 1.54) is 11.3 Å². The number of hydrogen-bond donors (Lipinski definition) is 2. The maximum atomic E-state index is 12.9. The number of amides is 1. The van der Waals surface area contributed by atoms with Crippen LogP contribution in [0.15, 0.2) is 12.3 Å². The van der Waals surface area contributed by atoms with E-state index in [1.54, 1.807) is 6.20 Å². The van der Waals surface area contributed by atoms with Gasteiger partial charge in [-0.05, 0) is 55.8 Å². The molecule has 118 valence electrons. The Balaban J connectivity index is 1.60. The van der Waals surface area contributed by atoms with E-state index in [2.05, 4.69) is 6.07 Å². The Labute approximate surface area is 130 Å². The molecule has 1 amide bonds. The Morgan fingerprint density at radius 3 is 2.64 bits per heavy atom. The van der Waals surface area contributed by atoms with Crippen LogP contribution in [0.3, 0.4) is 0 Å². The molecule has 5 rings (SSSR count). The van der Waals surface area contributed by atoms with Crippen LogP contribution in [0.1, 0.15) is 44.9 Å². The standard InChI is InChI=1S/C17H23N3O2/c18-9-13-2-1-3-20(13)15(21)14(19)16-5-11-4-12(6-16)8-17(22,7-11)10-16/h1,3,11-14,22H,2,4-8,10,19H2. The van der Waals surface area contributed by atoms with Gasteiger partial charge in [0.1, 0.15) is 6.04 Å². The zero-order chi connectivity index (χ0) is 15.5. The second-order valence-corrected chi connectivity index (χ2v) is 8.04. The SMILES string of the molecule is N#CC1CC=CN1C(=O)C(N)C12CC3CC(CC(O)(C3)C1)C2. The molecule has 22 heavy (non-hydrogen) atoms. The Morgan fingerprint density at radius 1 is 1.36 bits per heavy atom. The molecule has 4 atom stereocenters. The topological polar surface area (TPSA) is 90.4 Å². The van der Waals surface area contributed by atoms with Gasteiger partial charge in [-0.15, -0.1) is 0 Å². The summed E-state index contributed by atoms with van der Waals surface area (Å²) in [5.74, 6) is 0.864. The summed E-state index contributed by atoms with van der Waals surface area (Å²) in [6.07, 6.45) is 9.60. The van der Waals surface area contributed by atoms with Gasteiger partial charge in [0.25, 0.3) is 0 Å². The number of nitriles is 1. The van der Waals surface area contributed by atoms with Crippen molar-refractivity contribution in [2.24, 2.45) is 23.0 Å². The van der Waals surface area contributed by atoms with Gasteiger partial charge in [-0.25, -0.2) is 0 Å². The molecule has 3 N–H and O–H groups in total. The van der Waals surface area contributed by atoms with Crippen LogP contribution in [0, 0.1) is 28.6 Å². The molecule has 0 aromatic rings. The molecule has 1 heterocycles. The lowest BCUT2D eigenvalue weighted by molar-refractivity contribution is -0.176. The Bertz CT molecular complexity index is 565. The van der Waals surface area contributed by atoms with E-state index in [0.29, 0.717) is 24.7 Å². The highest BCUT2D eigenvalue weighted by molar-refractivity contribution is 5.84. The maximum absolute atomic E-state index is 12.9. The van der Waals surface area contributed by atoms with E-state index >= 15 is 0 Å². The van der Waals surface area contributed by atoms with Gasteiger partial charge in [-0.3, -0.25) is 4.79 Å². The van der Waals surface area contributed by atoms with Crippen LogP contribution in [-0.4, -0.2) is 33.6 Å². The van der Waals surface area contributed by atoms with Crippen molar-refractivity contribution < 1.29 is 9.90 Å². The van der Waals surface area contributed by atoms with Crippen LogP contribution in [0.25, 0.3) is 0 Å². The van der Waals surface area contributed by atoms with Crippen LogP contribution in [0.5, 0.6) is 0 Å². The monoisotopic (exact) mass is 301 g/mol. The van der Waals surface area contributed by atoms with Crippen LogP contribution in [-0.2, 0) is 4.79 Å². The number of carbonyl (C=O) groups is 1. The molecular formula is C17H23N3O2. The van der Waals surface area contributed by atoms with E-state index in [4.69, 9.17) is 5.73 Å². The molecule has 5 heteroatoms. The average molecular weight is 301 g/mol. The summed E-state index contributed by atoms with van der Waals surface area (Å²) in [7, 11) is 0. The predicted molar refractivity (Wildman–Crippen MR) is 80.0 cm³/mol. The lowest BCUT2D eigenvalue weighted by atomic mass is 9.46. The lowest BCUT2D eigenvalue weighted by Crippen LogP contribution is -2.64. The van der Waals surface area contributed by atoms with Crippen LogP contribution in [0.2, 0.25) is 0 Å². The maximum Gasteiger partial charge on any atom is 0.245 e. The second-order valence-electron chi connectivity index (χ2n) is 8.04. The molecule has 0 spiro atoms. The quantitative estimate of drug-likeness (QED) is 0.804. The van der Waals surface area contributed by atoms with Crippen molar-refractivity contribution in [3.05, 3.63) is 12.3 Å². The molecule has 4 saturated carbocycles. The van der Waals surface area contributed by atoms with Gasteiger partial charge < -0.3 is 15.7 Å². The summed E-state index contributed by atoms with van der Waals surface area (Å²) in [5.41, 5.74) is 5.54. The Morgan fingerprint density at radius 2 is 2.05 bits per heavy atom. The van der Waals surface area contributed by atoms with Crippen molar-refractivity contribution in [2.45, 2.75) is 62.6 Å². The highest BCUT2D eigenvalue weighted by atomic mass is 16.3. The molecule has 4 bridgehead atoms. The number of nitrogens with zero attached hydrogens (tertiary/aromatic N) is 2. The lowest BCUT2D eigenvalue weighted by Gasteiger charge is -2.61. The fourth-order valence-electron chi connectivity index (χ4n) is 5.93. The van der Waals surface area contributed by atoms with Gasteiger partial charge in [-0.2, -0.15) is 5.26 Å². The molecule has 5 nitrogen and oxygen atoms in total. The molecule has 4 fully saturated rings. The van der Waals surface area contributed by atoms with Crippen molar-refractivity contribution in [1.29, 1.82) is 5.26 Å². The minimum Gasteiger partial charge on any atom is -0.390 e. The number of aliphatic hydroxyl groups is 1. The predicted octanol–water partition coefficient (Wildman–Crippen LogP) is 1.28. The van der Waals surface area contributed by atoms with Gasteiger partial charge in [0.05, 0.1) is 17.7 Å². The number of rotatable bonds is 2. The van der Waals surface area contributed by atoms with Crippen molar-refractivity contribution in [3.63, 3.8) is 0 Å². The highest BCUT2D eigenvalue weighted by Gasteiger charge is 2.60. The van der Waals surface area contributed by atoms with Crippen LogP contribution < -0.4 is 5.73 Å². The molecule has 4 unspecified atom stereocenters. The Hall–Kier alpha value is -1.38. The zero-order valence-corrected chi connectivity index (χ0v) is 12.7. The van der Waals surface area contributed by atoms with Gasteiger partial charge in [0, 0.05) is 12.6 Å². The molecule has 1 aliphatic heterocycles. The largest absolute Gasteiger partial charge is 0.390 e. The first-order valence-electron chi connectivity index (χ1n) is 8.31. The minimum atomic E-state index is -0.614. The number of carbonyl (C=O) groups excluding carboxylic acids is 1. The molecule has 4 aliphatic carbocycles. The number of nitrogens with two attached hydrogens (primary N) is 1. The van der Waals surface area contributed by atoms with E-state index in [1.807, 2.05) is 6.08 Å². The summed E-state index contributed by atoms with van der Waals surface area (Å²) in [6.45, 7) is 0. The van der Waals surface area contributed by atoms with Crippen molar-refractivity contribution in [2.75, 3.05) is 0 Å². The fraction of sp³-hybridized carbons (Fsp3) is 0.765. The second kappa shape index (κ2) is 4.56. The van der Waals surface area contributed by atoms with E-state index in [0.717, 1.165) is 25.7 Å². The van der Waals surface area contributed by atoms with Gasteiger partial charge >= 0.3 is 0 Å². The first kappa shape index (κ1) is 14.2. The molecular weight excluding hydrogens is 278 g/mol. The van der Waals surface area contributed by atoms with Crippen LogP contribution in [0.4, 0.5) is 0 Å². The third-order valence-corrected chi connectivity index (χ3v) is 6.37. The van der Waals surface area contributed by atoms with Crippen LogP contribution >= 0.6 is 0 Å². The molecule has 0 aromatic heterocycles. The highest BCUT2D eigenvalue weighted by Crippen LogP contribution is 2.62. The summed E-state index contributed by atoms with van der Waals surface area (Å²) < 4.78 is 0. The molecule has 0 saturated heterocycles. The van der Waals surface area contributed by atoms with Crippen molar-refractivity contribution >= 4 is 5.91 Å². The summed E-state index contributed by atoms with van der Waals surface area (Å²) in [4.78, 5) is 14.4. The summed E-state index contributed by atoms with van der Waals surface area (Å²) in [5, 5.41) is 20.0. The number of hydrogen-bond acceptors (Lipinski definition) is 4. The first-order valence-corrected chi connectivity index (χ1v) is 8.31.